The largest absolute Gasteiger partial charge is 0.313 e. The van der Waals surface area contributed by atoms with Crippen molar-refractivity contribution in [2.75, 3.05) is 7.05 Å². The van der Waals surface area contributed by atoms with Crippen molar-refractivity contribution in [2.45, 2.75) is 57.9 Å². The summed E-state index contributed by atoms with van der Waals surface area (Å²) in [5.74, 6) is 1.96. The van der Waals surface area contributed by atoms with Gasteiger partial charge in [-0.2, -0.15) is 0 Å². The highest BCUT2D eigenvalue weighted by atomic mass is 14.9. The summed E-state index contributed by atoms with van der Waals surface area (Å²) in [6, 6.07) is 11.4. The fraction of sp³-hybridized carbons (Fsp3) is 0.667. The summed E-state index contributed by atoms with van der Waals surface area (Å²) in [4.78, 5) is 0. The summed E-state index contributed by atoms with van der Waals surface area (Å²) in [7, 11) is 2.09. The lowest BCUT2D eigenvalue weighted by Gasteiger charge is -2.32. The van der Waals surface area contributed by atoms with E-state index < -0.39 is 0 Å². The van der Waals surface area contributed by atoms with Crippen molar-refractivity contribution in [3.05, 3.63) is 35.9 Å². The maximum atomic E-state index is 3.49. The van der Waals surface area contributed by atoms with Crippen LogP contribution in [0.4, 0.5) is 0 Å². The van der Waals surface area contributed by atoms with Crippen LogP contribution in [0.5, 0.6) is 0 Å². The lowest BCUT2D eigenvalue weighted by Crippen LogP contribution is -2.22. The Kier molecular flexibility index (Phi) is 5.91. The van der Waals surface area contributed by atoms with Crippen LogP contribution >= 0.6 is 0 Å². The van der Waals surface area contributed by atoms with Gasteiger partial charge in [-0.15, -0.1) is 0 Å². The summed E-state index contributed by atoms with van der Waals surface area (Å²) in [5.41, 5.74) is 1.44. The van der Waals surface area contributed by atoms with E-state index in [-0.39, 0.29) is 0 Å². The van der Waals surface area contributed by atoms with Crippen LogP contribution in [0.15, 0.2) is 30.3 Å². The molecule has 1 fully saturated rings. The van der Waals surface area contributed by atoms with Crippen LogP contribution in [0.2, 0.25) is 0 Å². The minimum absolute atomic E-state index is 0.528. The number of rotatable bonds is 6. The second-order valence-electron chi connectivity index (χ2n) is 6.04. The highest BCUT2D eigenvalue weighted by Gasteiger charge is 2.24. The normalized spacial score (nSPS) is 25.2. The van der Waals surface area contributed by atoms with Crippen LogP contribution in [0.3, 0.4) is 0 Å². The van der Waals surface area contributed by atoms with E-state index >= 15 is 0 Å². The molecule has 0 bridgehead atoms. The van der Waals surface area contributed by atoms with Crippen LogP contribution in [0, 0.1) is 11.8 Å². The van der Waals surface area contributed by atoms with Gasteiger partial charge in [-0.05, 0) is 37.3 Å². The quantitative estimate of drug-likeness (QED) is 0.762. The fourth-order valence-corrected chi connectivity index (χ4v) is 3.75. The standard InChI is InChI=1S/C18H29N/c1-3-15-9-7-8-10-16(15)13-14-18(19-2)17-11-5-4-6-12-17/h4-6,11-12,15-16,18-19H,3,7-10,13-14H2,1-2H3. The molecule has 1 aliphatic rings. The van der Waals surface area contributed by atoms with E-state index in [9.17, 15) is 0 Å². The molecule has 1 aliphatic carbocycles. The Labute approximate surface area is 118 Å². The van der Waals surface area contributed by atoms with Crippen LogP contribution in [0.1, 0.15) is 63.5 Å². The van der Waals surface area contributed by atoms with E-state index in [2.05, 4.69) is 49.6 Å². The third-order valence-corrected chi connectivity index (χ3v) is 4.97. The van der Waals surface area contributed by atoms with Gasteiger partial charge >= 0.3 is 0 Å². The van der Waals surface area contributed by atoms with Gasteiger partial charge < -0.3 is 5.32 Å². The predicted molar refractivity (Wildman–Crippen MR) is 83.2 cm³/mol. The first kappa shape index (κ1) is 14.6. The van der Waals surface area contributed by atoms with Crippen molar-refractivity contribution < 1.29 is 0 Å². The van der Waals surface area contributed by atoms with Crippen LogP contribution in [-0.2, 0) is 0 Å². The van der Waals surface area contributed by atoms with E-state index in [0.29, 0.717) is 6.04 Å². The van der Waals surface area contributed by atoms with Crippen LogP contribution in [-0.4, -0.2) is 7.05 Å². The minimum Gasteiger partial charge on any atom is -0.313 e. The van der Waals surface area contributed by atoms with E-state index in [1.54, 1.807) is 0 Å². The zero-order valence-electron chi connectivity index (χ0n) is 12.6. The summed E-state index contributed by atoms with van der Waals surface area (Å²) < 4.78 is 0. The van der Waals surface area contributed by atoms with Gasteiger partial charge in [0.15, 0.2) is 0 Å². The Bertz CT molecular complexity index is 346. The van der Waals surface area contributed by atoms with Crippen molar-refractivity contribution in [2.24, 2.45) is 11.8 Å². The van der Waals surface area contributed by atoms with Gasteiger partial charge in [0.25, 0.3) is 0 Å². The molecule has 1 aromatic rings. The molecule has 0 aromatic heterocycles. The molecule has 1 nitrogen and oxygen atoms in total. The maximum Gasteiger partial charge on any atom is 0.0317 e. The van der Waals surface area contributed by atoms with Gasteiger partial charge in [0.05, 0.1) is 0 Å². The highest BCUT2D eigenvalue weighted by Crippen LogP contribution is 2.36. The molecule has 1 aromatic carbocycles. The van der Waals surface area contributed by atoms with Crippen molar-refractivity contribution in [3.8, 4) is 0 Å². The zero-order valence-corrected chi connectivity index (χ0v) is 12.6. The van der Waals surface area contributed by atoms with E-state index in [1.807, 2.05) is 0 Å². The van der Waals surface area contributed by atoms with Crippen LogP contribution in [0.25, 0.3) is 0 Å². The maximum absolute atomic E-state index is 3.49. The molecule has 0 heterocycles. The van der Waals surface area contributed by atoms with Gasteiger partial charge in [0.1, 0.15) is 0 Å². The van der Waals surface area contributed by atoms with Crippen molar-refractivity contribution in [1.29, 1.82) is 0 Å². The molecule has 2 rings (SSSR count). The Hall–Kier alpha value is -0.820. The lowest BCUT2D eigenvalue weighted by molar-refractivity contribution is 0.208. The van der Waals surface area contributed by atoms with Crippen molar-refractivity contribution in [1.82, 2.24) is 5.32 Å². The molecule has 0 saturated heterocycles. The van der Waals surface area contributed by atoms with E-state index in [0.717, 1.165) is 11.8 Å². The molecule has 3 unspecified atom stereocenters. The first-order chi connectivity index (χ1) is 9.35. The summed E-state index contributed by atoms with van der Waals surface area (Å²) in [5, 5.41) is 3.49. The molecule has 0 aliphatic heterocycles. The van der Waals surface area contributed by atoms with Gasteiger partial charge in [-0.1, -0.05) is 69.4 Å². The molecule has 0 radical (unpaired) electrons. The van der Waals surface area contributed by atoms with Gasteiger partial charge in [0.2, 0.25) is 0 Å². The molecule has 1 N–H and O–H groups in total. The third kappa shape index (κ3) is 4.07. The number of hydrogen-bond acceptors (Lipinski definition) is 1. The van der Waals surface area contributed by atoms with E-state index in [1.165, 1.54) is 50.5 Å². The monoisotopic (exact) mass is 259 g/mol. The Morgan fingerprint density at radius 3 is 2.42 bits per heavy atom. The van der Waals surface area contributed by atoms with Crippen molar-refractivity contribution >= 4 is 0 Å². The van der Waals surface area contributed by atoms with Gasteiger partial charge in [-0.25, -0.2) is 0 Å². The lowest BCUT2D eigenvalue weighted by atomic mass is 9.75. The molecular formula is C18H29N. The topological polar surface area (TPSA) is 12.0 Å². The number of nitrogens with one attached hydrogen (secondary N) is 1. The molecule has 106 valence electrons. The highest BCUT2D eigenvalue weighted by molar-refractivity contribution is 5.18. The second kappa shape index (κ2) is 7.69. The fourth-order valence-electron chi connectivity index (χ4n) is 3.75. The SMILES string of the molecule is CCC1CCCCC1CCC(NC)c1ccccc1. The Morgan fingerprint density at radius 2 is 1.79 bits per heavy atom. The number of benzene rings is 1. The molecule has 0 amide bonds. The molecule has 19 heavy (non-hydrogen) atoms. The average Bonchev–Trinajstić information content (AvgIpc) is 2.49. The Morgan fingerprint density at radius 1 is 1.11 bits per heavy atom. The average molecular weight is 259 g/mol. The zero-order chi connectivity index (χ0) is 13.5. The van der Waals surface area contributed by atoms with Crippen LogP contribution < -0.4 is 5.32 Å². The summed E-state index contributed by atoms with van der Waals surface area (Å²) >= 11 is 0. The third-order valence-electron chi connectivity index (χ3n) is 4.97. The van der Waals surface area contributed by atoms with E-state index in [4.69, 9.17) is 0 Å². The number of hydrogen-bond donors (Lipinski definition) is 1. The van der Waals surface area contributed by atoms with Gasteiger partial charge in [0, 0.05) is 6.04 Å². The molecular weight excluding hydrogens is 230 g/mol. The first-order valence-corrected chi connectivity index (χ1v) is 8.07. The minimum atomic E-state index is 0.528. The summed E-state index contributed by atoms with van der Waals surface area (Å²) in [6.45, 7) is 2.37. The smallest absolute Gasteiger partial charge is 0.0317 e. The van der Waals surface area contributed by atoms with Gasteiger partial charge in [-0.3, -0.25) is 0 Å². The first-order valence-electron chi connectivity index (χ1n) is 8.07. The predicted octanol–water partition coefficient (Wildman–Crippen LogP) is 4.94. The molecule has 1 heteroatoms. The molecule has 0 spiro atoms. The van der Waals surface area contributed by atoms with Crippen molar-refractivity contribution in [3.63, 3.8) is 0 Å². The summed E-state index contributed by atoms with van der Waals surface area (Å²) in [6.07, 6.45) is 9.89. The molecule has 1 saturated carbocycles. The molecule has 3 atom stereocenters. The second-order valence-corrected chi connectivity index (χ2v) is 6.04. The Balaban J connectivity index is 1.89.